The third-order valence-electron chi connectivity index (χ3n) is 4.96. The lowest BCUT2D eigenvalue weighted by atomic mass is 10.0. The summed E-state index contributed by atoms with van der Waals surface area (Å²) in [6.45, 7) is 1.89. The zero-order valence-electron chi connectivity index (χ0n) is 16.6. The van der Waals surface area contributed by atoms with E-state index in [4.69, 9.17) is 16.3 Å². The van der Waals surface area contributed by atoms with Gasteiger partial charge in [-0.2, -0.15) is 5.26 Å². The molecule has 0 fully saturated rings. The van der Waals surface area contributed by atoms with Gasteiger partial charge in [-0.25, -0.2) is 9.78 Å². The van der Waals surface area contributed by atoms with Crippen LogP contribution in [0.15, 0.2) is 66.7 Å². The second kappa shape index (κ2) is 8.47. The number of ether oxygens (including phenoxy) is 1. The van der Waals surface area contributed by atoms with Crippen molar-refractivity contribution in [1.29, 1.82) is 5.26 Å². The fourth-order valence-electron chi connectivity index (χ4n) is 3.49. The second-order valence-electron chi connectivity index (χ2n) is 6.87. The first-order chi connectivity index (χ1) is 15.0. The molecule has 1 aromatic heterocycles. The second-order valence-corrected chi connectivity index (χ2v) is 7.30. The van der Waals surface area contributed by atoms with Gasteiger partial charge in [0.15, 0.2) is 5.75 Å². The Morgan fingerprint density at radius 1 is 1.13 bits per heavy atom. The number of carboxylic acids is 1. The Morgan fingerprint density at radius 2 is 1.87 bits per heavy atom. The normalized spacial score (nSPS) is 10.6. The van der Waals surface area contributed by atoms with E-state index in [2.05, 4.69) is 11.1 Å². The monoisotopic (exact) mass is 428 g/mol. The Hall–Kier alpha value is -3.88. The number of aromatic carboxylic acids is 1. The minimum Gasteiger partial charge on any atom is -0.478 e. The number of nitrogens with zero attached hydrogens (tertiary/aromatic N) is 2. The Bertz CT molecular complexity index is 1340. The SMILES string of the molecule is CCc1nc2cc(Cl)ccc2c(C(=O)O)c1Oc1ccc(-c2ccccc2C#N)cc1. The number of hydrogen-bond acceptors (Lipinski definition) is 4. The zero-order chi connectivity index (χ0) is 22.0. The molecule has 0 aliphatic rings. The molecule has 3 aromatic carbocycles. The van der Waals surface area contributed by atoms with Crippen LogP contribution in [-0.2, 0) is 6.42 Å². The van der Waals surface area contributed by atoms with Crippen LogP contribution in [0.4, 0.5) is 0 Å². The molecule has 1 N–H and O–H groups in total. The highest BCUT2D eigenvalue weighted by Gasteiger charge is 2.22. The average molecular weight is 429 g/mol. The number of fused-ring (bicyclic) bond motifs is 1. The minimum atomic E-state index is -1.10. The third kappa shape index (κ3) is 3.94. The minimum absolute atomic E-state index is 0.0532. The van der Waals surface area contributed by atoms with Crippen LogP contribution >= 0.6 is 11.6 Å². The molecule has 5 nitrogen and oxygen atoms in total. The van der Waals surface area contributed by atoms with Crippen LogP contribution < -0.4 is 4.74 Å². The number of hydrogen-bond donors (Lipinski definition) is 1. The summed E-state index contributed by atoms with van der Waals surface area (Å²) < 4.78 is 6.04. The Balaban J connectivity index is 1.78. The van der Waals surface area contributed by atoms with Gasteiger partial charge in [-0.15, -0.1) is 0 Å². The number of rotatable bonds is 5. The molecule has 0 spiro atoms. The van der Waals surface area contributed by atoms with Crippen molar-refractivity contribution in [3.05, 3.63) is 88.6 Å². The number of pyridine rings is 1. The van der Waals surface area contributed by atoms with E-state index in [1.165, 1.54) is 0 Å². The number of aromatic nitrogens is 1. The van der Waals surface area contributed by atoms with Gasteiger partial charge < -0.3 is 9.84 Å². The molecule has 152 valence electrons. The zero-order valence-corrected chi connectivity index (χ0v) is 17.3. The maximum Gasteiger partial charge on any atom is 0.340 e. The van der Waals surface area contributed by atoms with E-state index >= 15 is 0 Å². The van der Waals surface area contributed by atoms with Gasteiger partial charge in [0.05, 0.1) is 22.8 Å². The summed E-state index contributed by atoms with van der Waals surface area (Å²) in [7, 11) is 0. The van der Waals surface area contributed by atoms with Gasteiger partial charge in [0, 0.05) is 10.4 Å². The maximum atomic E-state index is 12.1. The van der Waals surface area contributed by atoms with Crippen molar-refractivity contribution < 1.29 is 14.6 Å². The first-order valence-electron chi connectivity index (χ1n) is 9.64. The van der Waals surface area contributed by atoms with Gasteiger partial charge >= 0.3 is 5.97 Å². The van der Waals surface area contributed by atoms with Gasteiger partial charge in [0.2, 0.25) is 0 Å². The molecule has 1 heterocycles. The third-order valence-corrected chi connectivity index (χ3v) is 5.19. The fourth-order valence-corrected chi connectivity index (χ4v) is 3.65. The van der Waals surface area contributed by atoms with Gasteiger partial charge in [-0.1, -0.05) is 54.9 Å². The number of carboxylic acid groups (broad SMARTS) is 1. The van der Waals surface area contributed by atoms with Crippen LogP contribution in [0.2, 0.25) is 5.02 Å². The molecule has 0 aliphatic carbocycles. The number of benzene rings is 3. The molecule has 31 heavy (non-hydrogen) atoms. The topological polar surface area (TPSA) is 83.2 Å². The van der Waals surface area contributed by atoms with Crippen molar-refractivity contribution in [1.82, 2.24) is 4.98 Å². The number of halogens is 1. The highest BCUT2D eigenvalue weighted by atomic mass is 35.5. The molecule has 0 saturated carbocycles. The highest BCUT2D eigenvalue weighted by molar-refractivity contribution is 6.31. The summed E-state index contributed by atoms with van der Waals surface area (Å²) >= 11 is 6.06. The largest absolute Gasteiger partial charge is 0.478 e. The van der Waals surface area contributed by atoms with Gasteiger partial charge in [-0.3, -0.25) is 0 Å². The summed E-state index contributed by atoms with van der Waals surface area (Å²) in [6, 6.07) is 21.6. The maximum absolute atomic E-state index is 12.1. The molecule has 4 aromatic rings. The Labute approximate surface area is 184 Å². The standard InChI is InChI=1S/C25H17ClN2O3/c1-2-21-24(23(25(29)30)20-12-9-17(26)13-22(20)28-21)31-18-10-7-15(8-11-18)19-6-4-3-5-16(19)14-27/h3-13H,2H2,1H3,(H,29,30). The lowest BCUT2D eigenvalue weighted by molar-refractivity contribution is 0.0696. The van der Waals surface area contributed by atoms with E-state index in [-0.39, 0.29) is 11.3 Å². The summed E-state index contributed by atoms with van der Waals surface area (Å²) in [5.41, 5.74) is 3.36. The summed E-state index contributed by atoms with van der Waals surface area (Å²) in [5, 5.41) is 20.2. The smallest absolute Gasteiger partial charge is 0.340 e. The van der Waals surface area contributed by atoms with Crippen LogP contribution in [0.5, 0.6) is 11.5 Å². The average Bonchev–Trinajstić information content (AvgIpc) is 2.78. The van der Waals surface area contributed by atoms with Crippen LogP contribution in [0.25, 0.3) is 22.0 Å². The molecule has 0 amide bonds. The van der Waals surface area contributed by atoms with Crippen LogP contribution in [-0.4, -0.2) is 16.1 Å². The molecule has 0 saturated heterocycles. The molecular formula is C25H17ClN2O3. The first-order valence-corrected chi connectivity index (χ1v) is 10.0. The number of nitriles is 1. The van der Waals surface area contributed by atoms with Gasteiger partial charge in [0.25, 0.3) is 0 Å². The van der Waals surface area contributed by atoms with Gasteiger partial charge in [0.1, 0.15) is 11.3 Å². The lowest BCUT2D eigenvalue weighted by Crippen LogP contribution is -2.06. The predicted molar refractivity (Wildman–Crippen MR) is 120 cm³/mol. The quantitative estimate of drug-likeness (QED) is 0.393. The van der Waals surface area contributed by atoms with Crippen molar-refractivity contribution in [2.75, 3.05) is 0 Å². The van der Waals surface area contributed by atoms with E-state index in [9.17, 15) is 15.2 Å². The van der Waals surface area contributed by atoms with E-state index in [0.717, 1.165) is 11.1 Å². The summed E-state index contributed by atoms with van der Waals surface area (Å²) in [5.74, 6) is -0.403. The van der Waals surface area contributed by atoms with Crippen LogP contribution in [0.1, 0.15) is 28.5 Å². The molecular weight excluding hydrogens is 412 g/mol. The molecule has 4 rings (SSSR count). The van der Waals surface area contributed by atoms with E-state index < -0.39 is 5.97 Å². The molecule has 0 unspecified atom stereocenters. The van der Waals surface area contributed by atoms with Crippen molar-refractivity contribution in [2.45, 2.75) is 13.3 Å². The summed E-state index contributed by atoms with van der Waals surface area (Å²) in [6.07, 6.45) is 0.492. The van der Waals surface area contributed by atoms with Gasteiger partial charge in [-0.05, 0) is 47.9 Å². The molecule has 0 atom stereocenters. The van der Waals surface area contributed by atoms with Crippen molar-refractivity contribution in [3.63, 3.8) is 0 Å². The Kier molecular flexibility index (Phi) is 5.57. The van der Waals surface area contributed by atoms with Crippen LogP contribution in [0.3, 0.4) is 0 Å². The predicted octanol–water partition coefficient (Wildman–Crippen LogP) is 6.48. The fraction of sp³-hybridized carbons (Fsp3) is 0.0800. The number of aryl methyl sites for hydroxylation is 1. The number of carbonyl (C=O) groups is 1. The van der Waals surface area contributed by atoms with E-state index in [0.29, 0.717) is 39.4 Å². The van der Waals surface area contributed by atoms with Crippen LogP contribution in [0, 0.1) is 11.3 Å². The molecule has 0 radical (unpaired) electrons. The van der Waals surface area contributed by atoms with Crippen molar-refractivity contribution >= 4 is 28.5 Å². The van der Waals surface area contributed by atoms with Crippen molar-refractivity contribution in [2.24, 2.45) is 0 Å². The Morgan fingerprint density at radius 3 is 2.55 bits per heavy atom. The van der Waals surface area contributed by atoms with E-state index in [1.807, 2.05) is 37.3 Å². The molecule has 6 heteroatoms. The molecule has 0 bridgehead atoms. The lowest BCUT2D eigenvalue weighted by Gasteiger charge is -2.15. The summed E-state index contributed by atoms with van der Waals surface area (Å²) in [4.78, 5) is 16.7. The first kappa shape index (κ1) is 20.4. The van der Waals surface area contributed by atoms with Crippen molar-refractivity contribution in [3.8, 4) is 28.7 Å². The van der Waals surface area contributed by atoms with E-state index in [1.54, 1.807) is 36.4 Å². The highest BCUT2D eigenvalue weighted by Crippen LogP contribution is 2.36. The molecule has 0 aliphatic heterocycles.